The van der Waals surface area contributed by atoms with Crippen molar-refractivity contribution in [1.29, 1.82) is 0 Å². The molecule has 2 aromatic carbocycles. The zero-order valence-electron chi connectivity index (χ0n) is 14.5. The second kappa shape index (κ2) is 8.73. The normalized spacial score (nSPS) is 10.0. The van der Waals surface area contributed by atoms with Crippen LogP contribution in [0.1, 0.15) is 21.5 Å². The molecule has 0 fully saturated rings. The highest BCUT2D eigenvalue weighted by Gasteiger charge is 2.13. The van der Waals surface area contributed by atoms with E-state index in [2.05, 4.69) is 5.32 Å². The largest absolute Gasteiger partial charge is 0.496 e. The standard InChI is InChI=1S/C19H21NO5/c1-13-5-4-6-15(9-13)25-12-18(21)20-11-14-7-8-17(23-2)16(10-14)19(22)24-3/h4-10H,11-12H2,1-3H3,(H,20,21). The Morgan fingerprint density at radius 2 is 1.88 bits per heavy atom. The van der Waals surface area contributed by atoms with E-state index in [0.717, 1.165) is 11.1 Å². The van der Waals surface area contributed by atoms with Gasteiger partial charge in [-0.2, -0.15) is 0 Å². The molecular weight excluding hydrogens is 322 g/mol. The Labute approximate surface area is 146 Å². The number of methoxy groups -OCH3 is 2. The Bertz CT molecular complexity index is 757. The number of hydrogen-bond acceptors (Lipinski definition) is 5. The number of nitrogens with one attached hydrogen (secondary N) is 1. The van der Waals surface area contributed by atoms with Crippen LogP contribution >= 0.6 is 0 Å². The van der Waals surface area contributed by atoms with Gasteiger partial charge in [-0.25, -0.2) is 4.79 Å². The van der Waals surface area contributed by atoms with Crippen molar-refractivity contribution in [2.75, 3.05) is 20.8 Å². The van der Waals surface area contributed by atoms with Gasteiger partial charge in [-0.1, -0.05) is 18.2 Å². The van der Waals surface area contributed by atoms with Gasteiger partial charge in [0, 0.05) is 6.54 Å². The molecule has 0 spiro atoms. The molecule has 0 saturated carbocycles. The number of rotatable bonds is 7. The number of carbonyl (C=O) groups is 2. The lowest BCUT2D eigenvalue weighted by atomic mass is 10.1. The van der Waals surface area contributed by atoms with Gasteiger partial charge in [-0.05, 0) is 42.3 Å². The van der Waals surface area contributed by atoms with Crippen LogP contribution in [0.25, 0.3) is 0 Å². The van der Waals surface area contributed by atoms with Crippen molar-refractivity contribution in [3.63, 3.8) is 0 Å². The van der Waals surface area contributed by atoms with Crippen molar-refractivity contribution >= 4 is 11.9 Å². The molecule has 0 saturated heterocycles. The summed E-state index contributed by atoms with van der Waals surface area (Å²) in [5, 5.41) is 2.75. The van der Waals surface area contributed by atoms with Gasteiger partial charge in [0.05, 0.1) is 14.2 Å². The summed E-state index contributed by atoms with van der Waals surface area (Å²) in [5.41, 5.74) is 2.13. The van der Waals surface area contributed by atoms with Gasteiger partial charge in [0.1, 0.15) is 17.1 Å². The molecule has 0 aliphatic rings. The van der Waals surface area contributed by atoms with Crippen LogP contribution in [-0.2, 0) is 16.1 Å². The molecule has 0 heterocycles. The molecule has 0 unspecified atom stereocenters. The molecule has 6 heteroatoms. The summed E-state index contributed by atoms with van der Waals surface area (Å²) in [6.45, 7) is 2.14. The Hall–Kier alpha value is -3.02. The Kier molecular flexibility index (Phi) is 6.39. The van der Waals surface area contributed by atoms with Crippen molar-refractivity contribution in [2.24, 2.45) is 0 Å². The third kappa shape index (κ3) is 5.24. The molecule has 132 valence electrons. The molecule has 2 rings (SSSR count). The van der Waals surface area contributed by atoms with Crippen LogP contribution in [-0.4, -0.2) is 32.7 Å². The summed E-state index contributed by atoms with van der Waals surface area (Å²) in [6.07, 6.45) is 0. The Morgan fingerprint density at radius 3 is 2.56 bits per heavy atom. The van der Waals surface area contributed by atoms with Gasteiger partial charge in [-0.15, -0.1) is 0 Å². The number of carbonyl (C=O) groups excluding carboxylic acids is 2. The van der Waals surface area contributed by atoms with Gasteiger partial charge >= 0.3 is 5.97 Å². The lowest BCUT2D eigenvalue weighted by molar-refractivity contribution is -0.123. The summed E-state index contributed by atoms with van der Waals surface area (Å²) in [4.78, 5) is 23.7. The molecular formula is C19H21NO5. The average Bonchev–Trinajstić information content (AvgIpc) is 2.63. The van der Waals surface area contributed by atoms with E-state index in [1.54, 1.807) is 24.3 Å². The fraction of sp³-hybridized carbons (Fsp3) is 0.263. The quantitative estimate of drug-likeness (QED) is 0.782. The molecule has 0 bridgehead atoms. The first kappa shape index (κ1) is 18.3. The van der Waals surface area contributed by atoms with Gasteiger partial charge < -0.3 is 19.5 Å². The van der Waals surface area contributed by atoms with E-state index in [-0.39, 0.29) is 19.1 Å². The maximum Gasteiger partial charge on any atom is 0.341 e. The predicted molar refractivity (Wildman–Crippen MR) is 92.9 cm³/mol. The zero-order chi connectivity index (χ0) is 18.2. The summed E-state index contributed by atoms with van der Waals surface area (Å²) in [6, 6.07) is 12.5. The van der Waals surface area contributed by atoms with Crippen LogP contribution in [0.4, 0.5) is 0 Å². The first-order chi connectivity index (χ1) is 12.0. The molecule has 1 N–H and O–H groups in total. The molecule has 6 nitrogen and oxygen atoms in total. The highest BCUT2D eigenvalue weighted by molar-refractivity contribution is 5.92. The fourth-order valence-corrected chi connectivity index (χ4v) is 2.24. The number of benzene rings is 2. The molecule has 25 heavy (non-hydrogen) atoms. The van der Waals surface area contributed by atoms with Crippen molar-refractivity contribution in [2.45, 2.75) is 13.5 Å². The minimum absolute atomic E-state index is 0.0799. The van der Waals surface area contributed by atoms with E-state index in [0.29, 0.717) is 17.1 Å². The van der Waals surface area contributed by atoms with Crippen molar-refractivity contribution in [1.82, 2.24) is 5.32 Å². The van der Waals surface area contributed by atoms with Crippen molar-refractivity contribution in [3.05, 3.63) is 59.2 Å². The van der Waals surface area contributed by atoms with Crippen molar-refractivity contribution in [3.8, 4) is 11.5 Å². The monoisotopic (exact) mass is 343 g/mol. The third-order valence-electron chi connectivity index (χ3n) is 3.52. The van der Waals surface area contributed by atoms with E-state index in [1.165, 1.54) is 14.2 Å². The van der Waals surface area contributed by atoms with Gasteiger partial charge in [0.15, 0.2) is 6.61 Å². The molecule has 0 aliphatic heterocycles. The number of esters is 1. The van der Waals surface area contributed by atoms with E-state index in [1.807, 2.05) is 25.1 Å². The minimum atomic E-state index is -0.493. The van der Waals surface area contributed by atoms with Crippen LogP contribution < -0.4 is 14.8 Å². The smallest absolute Gasteiger partial charge is 0.341 e. The lowest BCUT2D eigenvalue weighted by Gasteiger charge is -2.11. The van der Waals surface area contributed by atoms with Gasteiger partial charge in [0.25, 0.3) is 5.91 Å². The maximum absolute atomic E-state index is 11.9. The SMILES string of the molecule is COC(=O)c1cc(CNC(=O)COc2cccc(C)c2)ccc1OC. The summed E-state index contributed by atoms with van der Waals surface area (Å²) in [5.74, 6) is 0.321. The number of aryl methyl sites for hydroxylation is 1. The van der Waals surface area contributed by atoms with E-state index < -0.39 is 5.97 Å². The zero-order valence-corrected chi connectivity index (χ0v) is 14.5. The fourth-order valence-electron chi connectivity index (χ4n) is 2.24. The second-order valence-corrected chi connectivity index (χ2v) is 5.41. The van der Waals surface area contributed by atoms with E-state index in [4.69, 9.17) is 14.2 Å². The highest BCUT2D eigenvalue weighted by atomic mass is 16.5. The molecule has 2 aromatic rings. The summed E-state index contributed by atoms with van der Waals surface area (Å²) >= 11 is 0. The Balaban J connectivity index is 1.92. The number of hydrogen-bond donors (Lipinski definition) is 1. The van der Waals surface area contributed by atoms with Gasteiger partial charge in [0.2, 0.25) is 0 Å². The molecule has 0 aromatic heterocycles. The predicted octanol–water partition coefficient (Wildman–Crippen LogP) is 2.49. The third-order valence-corrected chi connectivity index (χ3v) is 3.52. The number of ether oxygens (including phenoxy) is 3. The lowest BCUT2D eigenvalue weighted by Crippen LogP contribution is -2.28. The summed E-state index contributed by atoms with van der Waals surface area (Å²) in [7, 11) is 2.78. The topological polar surface area (TPSA) is 73.9 Å². The van der Waals surface area contributed by atoms with E-state index >= 15 is 0 Å². The molecule has 1 amide bonds. The number of amides is 1. The van der Waals surface area contributed by atoms with Crippen LogP contribution in [0.3, 0.4) is 0 Å². The summed E-state index contributed by atoms with van der Waals surface area (Å²) < 4.78 is 15.3. The van der Waals surface area contributed by atoms with Crippen LogP contribution in [0.2, 0.25) is 0 Å². The van der Waals surface area contributed by atoms with E-state index in [9.17, 15) is 9.59 Å². The first-order valence-corrected chi connectivity index (χ1v) is 7.75. The minimum Gasteiger partial charge on any atom is -0.496 e. The van der Waals surface area contributed by atoms with Crippen LogP contribution in [0, 0.1) is 6.92 Å². The van der Waals surface area contributed by atoms with Crippen LogP contribution in [0.5, 0.6) is 11.5 Å². The second-order valence-electron chi connectivity index (χ2n) is 5.41. The van der Waals surface area contributed by atoms with Gasteiger partial charge in [-0.3, -0.25) is 4.79 Å². The first-order valence-electron chi connectivity index (χ1n) is 7.75. The molecule has 0 radical (unpaired) electrons. The maximum atomic E-state index is 11.9. The van der Waals surface area contributed by atoms with Crippen molar-refractivity contribution < 1.29 is 23.8 Å². The average molecular weight is 343 g/mol. The Morgan fingerprint density at radius 1 is 1.08 bits per heavy atom. The molecule has 0 atom stereocenters. The highest BCUT2D eigenvalue weighted by Crippen LogP contribution is 2.20. The molecule has 0 aliphatic carbocycles. The van der Waals surface area contributed by atoms with Crippen LogP contribution in [0.15, 0.2) is 42.5 Å².